The van der Waals surface area contributed by atoms with E-state index in [-0.39, 0.29) is 30.3 Å². The summed E-state index contributed by atoms with van der Waals surface area (Å²) in [5.74, 6) is -0.666. The fourth-order valence-electron chi connectivity index (χ4n) is 3.75. The maximum absolute atomic E-state index is 12.9. The highest BCUT2D eigenvalue weighted by molar-refractivity contribution is 5.95. The number of anilines is 2. The van der Waals surface area contributed by atoms with E-state index in [0.717, 1.165) is 28.9 Å². The van der Waals surface area contributed by atoms with Gasteiger partial charge >= 0.3 is 6.03 Å². The quantitative estimate of drug-likeness (QED) is 0.772. The van der Waals surface area contributed by atoms with Gasteiger partial charge in [-0.1, -0.05) is 30.3 Å². The molecule has 1 atom stereocenters. The molecule has 0 radical (unpaired) electrons. The molecule has 0 spiro atoms. The number of carbonyl (C=O) groups is 3. The molecule has 4 amide bonds. The molecule has 1 aliphatic rings. The molecule has 0 saturated carbocycles. The first-order valence-electron chi connectivity index (χ1n) is 10.6. The van der Waals surface area contributed by atoms with Crippen LogP contribution in [0, 0.1) is 19.8 Å². The highest BCUT2D eigenvalue weighted by Gasteiger charge is 2.30. The van der Waals surface area contributed by atoms with Crippen LogP contribution < -0.4 is 10.6 Å². The summed E-state index contributed by atoms with van der Waals surface area (Å²) in [6.07, 6.45) is 1.46. The molecule has 1 saturated heterocycles. The van der Waals surface area contributed by atoms with Crippen molar-refractivity contribution < 1.29 is 14.4 Å². The highest BCUT2D eigenvalue weighted by Crippen LogP contribution is 2.20. The molecule has 1 fully saturated rings. The molecule has 2 aromatic carbocycles. The summed E-state index contributed by atoms with van der Waals surface area (Å²) < 4.78 is 0. The van der Waals surface area contributed by atoms with Gasteiger partial charge in [-0.05, 0) is 56.0 Å². The molecule has 2 N–H and O–H groups in total. The minimum Gasteiger partial charge on any atom is -0.336 e. The van der Waals surface area contributed by atoms with Crippen LogP contribution in [0.25, 0.3) is 0 Å². The number of para-hydroxylation sites is 1. The van der Waals surface area contributed by atoms with Gasteiger partial charge in [0.2, 0.25) is 11.8 Å². The number of piperidine rings is 1. The Morgan fingerprint density at radius 2 is 1.81 bits per heavy atom. The first-order chi connectivity index (χ1) is 14.8. The van der Waals surface area contributed by atoms with E-state index in [4.69, 9.17) is 0 Å². The van der Waals surface area contributed by atoms with Crippen molar-refractivity contribution in [1.29, 1.82) is 0 Å². The lowest BCUT2D eigenvalue weighted by Crippen LogP contribution is -2.48. The third-order valence-electron chi connectivity index (χ3n) is 5.51. The second kappa shape index (κ2) is 10.1. The summed E-state index contributed by atoms with van der Waals surface area (Å²) in [5.41, 5.74) is 3.51. The average Bonchev–Trinajstić information content (AvgIpc) is 2.76. The lowest BCUT2D eigenvalue weighted by atomic mass is 9.97. The van der Waals surface area contributed by atoms with Gasteiger partial charge < -0.3 is 20.4 Å². The van der Waals surface area contributed by atoms with Crippen LogP contribution in [0.3, 0.4) is 0 Å². The lowest BCUT2D eigenvalue weighted by Gasteiger charge is -2.33. The zero-order chi connectivity index (χ0) is 22.4. The van der Waals surface area contributed by atoms with Gasteiger partial charge in [-0.2, -0.15) is 0 Å². The van der Waals surface area contributed by atoms with Crippen molar-refractivity contribution in [3.05, 3.63) is 59.7 Å². The van der Waals surface area contributed by atoms with Gasteiger partial charge in [0.1, 0.15) is 0 Å². The topological polar surface area (TPSA) is 81.8 Å². The van der Waals surface area contributed by atoms with Gasteiger partial charge in [0.05, 0.1) is 12.5 Å². The third kappa shape index (κ3) is 6.07. The smallest absolute Gasteiger partial charge is 0.321 e. The molecule has 7 nitrogen and oxygen atoms in total. The molecule has 2 aromatic rings. The molecule has 164 valence electrons. The van der Waals surface area contributed by atoms with Crippen molar-refractivity contribution in [1.82, 2.24) is 9.80 Å². The van der Waals surface area contributed by atoms with Crippen LogP contribution in [0.5, 0.6) is 0 Å². The number of rotatable bonds is 5. The van der Waals surface area contributed by atoms with Crippen molar-refractivity contribution in [2.45, 2.75) is 26.7 Å². The number of likely N-dealkylation sites (N-methyl/N-ethyl adjacent to an activating group) is 1. The molecule has 1 heterocycles. The van der Waals surface area contributed by atoms with Crippen LogP contribution >= 0.6 is 0 Å². The largest absolute Gasteiger partial charge is 0.336 e. The second-order valence-corrected chi connectivity index (χ2v) is 8.14. The van der Waals surface area contributed by atoms with E-state index in [1.54, 1.807) is 11.9 Å². The number of hydrogen-bond acceptors (Lipinski definition) is 3. The SMILES string of the molecule is Cc1ccc(C)c(NC(=O)CN(C)C(=O)[C@H]2CCCN(C(=O)Nc3ccccc3)C2)c1. The van der Waals surface area contributed by atoms with Gasteiger partial charge in [-0.3, -0.25) is 9.59 Å². The predicted octanol–water partition coefficient (Wildman–Crippen LogP) is 3.64. The molecular formula is C24H30N4O3. The number of nitrogens with one attached hydrogen (secondary N) is 2. The zero-order valence-electron chi connectivity index (χ0n) is 18.4. The van der Waals surface area contributed by atoms with Crippen LogP contribution in [0.15, 0.2) is 48.5 Å². The standard InChI is InChI=1S/C24H30N4O3/c1-17-11-12-18(2)21(14-17)26-22(29)16-27(3)23(30)19-8-7-13-28(15-19)24(31)25-20-9-5-4-6-10-20/h4-6,9-12,14,19H,7-8,13,15-16H2,1-3H3,(H,25,31)(H,26,29)/t19-/m0/s1. The molecule has 7 heteroatoms. The van der Waals surface area contributed by atoms with Gasteiger partial charge in [0.25, 0.3) is 0 Å². The Hall–Kier alpha value is -3.35. The third-order valence-corrected chi connectivity index (χ3v) is 5.51. The number of nitrogens with zero attached hydrogens (tertiary/aromatic N) is 2. The Labute approximate surface area is 183 Å². The van der Waals surface area contributed by atoms with Crippen molar-refractivity contribution >= 4 is 29.2 Å². The van der Waals surface area contributed by atoms with Crippen LogP contribution in [0.1, 0.15) is 24.0 Å². The Morgan fingerprint density at radius 3 is 2.55 bits per heavy atom. The van der Waals surface area contributed by atoms with Crippen molar-refractivity contribution in [2.75, 3.05) is 37.3 Å². The Morgan fingerprint density at radius 1 is 1.06 bits per heavy atom. The van der Waals surface area contributed by atoms with E-state index in [9.17, 15) is 14.4 Å². The number of urea groups is 1. The molecule has 0 aromatic heterocycles. The van der Waals surface area contributed by atoms with Crippen molar-refractivity contribution in [3.8, 4) is 0 Å². The average molecular weight is 423 g/mol. The van der Waals surface area contributed by atoms with Crippen molar-refractivity contribution in [3.63, 3.8) is 0 Å². The fourth-order valence-corrected chi connectivity index (χ4v) is 3.75. The monoisotopic (exact) mass is 422 g/mol. The van der Waals surface area contributed by atoms with Crippen LogP contribution in [-0.4, -0.2) is 54.3 Å². The summed E-state index contributed by atoms with van der Waals surface area (Å²) in [6, 6.07) is 14.9. The minimum atomic E-state index is -0.311. The molecule has 0 bridgehead atoms. The van der Waals surface area contributed by atoms with Crippen LogP contribution in [0.2, 0.25) is 0 Å². The Bertz CT molecular complexity index is 945. The fraction of sp³-hybridized carbons (Fsp3) is 0.375. The second-order valence-electron chi connectivity index (χ2n) is 8.14. The summed E-state index contributed by atoms with van der Waals surface area (Å²) >= 11 is 0. The maximum Gasteiger partial charge on any atom is 0.321 e. The number of hydrogen-bond donors (Lipinski definition) is 2. The van der Waals surface area contributed by atoms with Crippen LogP contribution in [-0.2, 0) is 9.59 Å². The minimum absolute atomic E-state index is 0.0288. The first kappa shape index (κ1) is 22.3. The number of carbonyl (C=O) groups excluding carboxylic acids is 3. The van der Waals surface area contributed by atoms with E-state index >= 15 is 0 Å². The van der Waals surface area contributed by atoms with Gasteiger partial charge in [-0.25, -0.2) is 4.79 Å². The summed E-state index contributed by atoms with van der Waals surface area (Å²) in [6.45, 7) is 4.83. The molecule has 31 heavy (non-hydrogen) atoms. The van der Waals surface area contributed by atoms with Crippen molar-refractivity contribution in [2.24, 2.45) is 5.92 Å². The van der Waals surface area contributed by atoms with Crippen LogP contribution in [0.4, 0.5) is 16.2 Å². The Balaban J connectivity index is 1.54. The Kier molecular flexibility index (Phi) is 7.28. The summed E-state index contributed by atoms with van der Waals surface area (Å²) in [7, 11) is 1.63. The number of aryl methyl sites for hydroxylation is 2. The van der Waals surface area contributed by atoms with Gasteiger partial charge in [-0.15, -0.1) is 0 Å². The summed E-state index contributed by atoms with van der Waals surface area (Å²) in [5, 5.41) is 5.75. The zero-order valence-corrected chi connectivity index (χ0v) is 18.4. The highest BCUT2D eigenvalue weighted by atomic mass is 16.2. The van der Waals surface area contributed by atoms with E-state index in [2.05, 4.69) is 10.6 Å². The number of likely N-dealkylation sites (tertiary alicyclic amines) is 1. The molecule has 0 unspecified atom stereocenters. The van der Waals surface area contributed by atoms with E-state index in [0.29, 0.717) is 19.5 Å². The number of benzene rings is 2. The molecular weight excluding hydrogens is 392 g/mol. The normalized spacial score (nSPS) is 15.8. The molecule has 1 aliphatic heterocycles. The summed E-state index contributed by atoms with van der Waals surface area (Å²) in [4.78, 5) is 41.1. The molecule has 3 rings (SSSR count). The van der Waals surface area contributed by atoms with E-state index < -0.39 is 0 Å². The lowest BCUT2D eigenvalue weighted by molar-refractivity contribution is -0.138. The van der Waals surface area contributed by atoms with Gasteiger partial charge in [0.15, 0.2) is 0 Å². The van der Waals surface area contributed by atoms with E-state index in [1.807, 2.05) is 62.4 Å². The first-order valence-corrected chi connectivity index (χ1v) is 10.6. The van der Waals surface area contributed by atoms with E-state index in [1.165, 1.54) is 4.90 Å². The van der Waals surface area contributed by atoms with Gasteiger partial charge in [0, 0.05) is 31.5 Å². The number of amides is 4. The molecule has 0 aliphatic carbocycles. The predicted molar refractivity (Wildman–Crippen MR) is 122 cm³/mol. The maximum atomic E-state index is 12.9.